The standard InChI is InChI=1S/C70H136O17P2/c1-7-9-11-13-15-16-17-18-20-24-27-30-34-41-47-53-68(73)81-59-65(86-69(74)54-48-42-35-31-28-25-22-19-21-23-26-29-33-38-44-50-62(3)4)60-84-88(76,77)82-56-64(71)57-83-89(78,79)85-61-66(58-80-67(72)52-46-40-32-14-12-10-8-2)87-70(75)55-49-43-37-36-39-45-51-63(5)6/h62-66,71H,7-61H2,1-6H3,(H,76,77)(H,78,79)/t64-,65-,66-/m1/s1. The number of ether oxygens (including phenoxy) is 4. The highest BCUT2D eigenvalue weighted by molar-refractivity contribution is 7.47. The lowest BCUT2D eigenvalue weighted by Crippen LogP contribution is -2.30. The summed E-state index contributed by atoms with van der Waals surface area (Å²) in [5.41, 5.74) is 0. The molecule has 17 nitrogen and oxygen atoms in total. The molecule has 0 fully saturated rings. The summed E-state index contributed by atoms with van der Waals surface area (Å²) in [6, 6.07) is 0. The highest BCUT2D eigenvalue weighted by Gasteiger charge is 2.30. The average Bonchev–Trinajstić information content (AvgIpc) is 3.61. The lowest BCUT2D eigenvalue weighted by atomic mass is 10.0. The fourth-order valence-electron chi connectivity index (χ4n) is 10.6. The molecule has 0 aliphatic heterocycles. The van der Waals surface area contributed by atoms with E-state index in [0.29, 0.717) is 31.6 Å². The van der Waals surface area contributed by atoms with Crippen LogP contribution < -0.4 is 0 Å². The van der Waals surface area contributed by atoms with Crippen molar-refractivity contribution in [2.45, 2.75) is 374 Å². The third-order valence-corrected chi connectivity index (χ3v) is 18.1. The lowest BCUT2D eigenvalue weighted by Gasteiger charge is -2.21. The van der Waals surface area contributed by atoms with E-state index in [1.807, 2.05) is 0 Å². The maximum Gasteiger partial charge on any atom is 0.472 e. The summed E-state index contributed by atoms with van der Waals surface area (Å²) in [5, 5.41) is 10.6. The Hall–Kier alpha value is -1.94. The normalized spacial score (nSPS) is 14.1. The van der Waals surface area contributed by atoms with Gasteiger partial charge in [-0.3, -0.25) is 37.3 Å². The van der Waals surface area contributed by atoms with Gasteiger partial charge >= 0.3 is 39.5 Å². The first-order valence-electron chi connectivity index (χ1n) is 36.5. The summed E-state index contributed by atoms with van der Waals surface area (Å²) in [6.45, 7) is 9.44. The molecule has 0 aromatic heterocycles. The molecule has 89 heavy (non-hydrogen) atoms. The van der Waals surface area contributed by atoms with Crippen LogP contribution in [0.15, 0.2) is 0 Å². The first kappa shape index (κ1) is 87.1. The molecule has 0 spiro atoms. The second-order valence-electron chi connectivity index (χ2n) is 26.2. The summed E-state index contributed by atoms with van der Waals surface area (Å²) >= 11 is 0. The summed E-state index contributed by atoms with van der Waals surface area (Å²) in [4.78, 5) is 72.3. The van der Waals surface area contributed by atoms with Crippen molar-refractivity contribution >= 4 is 39.5 Å². The van der Waals surface area contributed by atoms with Gasteiger partial charge in [-0.2, -0.15) is 0 Å². The molecule has 2 unspecified atom stereocenters. The molecule has 3 N–H and O–H groups in total. The fraction of sp³-hybridized carbons (Fsp3) is 0.943. The van der Waals surface area contributed by atoms with Crippen LogP contribution in [0.2, 0.25) is 0 Å². The van der Waals surface area contributed by atoms with E-state index in [1.165, 1.54) is 161 Å². The third-order valence-electron chi connectivity index (χ3n) is 16.2. The minimum Gasteiger partial charge on any atom is -0.462 e. The first-order valence-corrected chi connectivity index (χ1v) is 39.5. The van der Waals surface area contributed by atoms with Crippen molar-refractivity contribution in [2.75, 3.05) is 39.6 Å². The maximum atomic E-state index is 13.0. The van der Waals surface area contributed by atoms with Gasteiger partial charge in [-0.1, -0.05) is 305 Å². The predicted molar refractivity (Wildman–Crippen MR) is 358 cm³/mol. The molecule has 0 saturated carbocycles. The second-order valence-corrected chi connectivity index (χ2v) is 29.1. The van der Waals surface area contributed by atoms with E-state index < -0.39 is 97.5 Å². The fourth-order valence-corrected chi connectivity index (χ4v) is 12.2. The van der Waals surface area contributed by atoms with E-state index in [9.17, 15) is 43.2 Å². The molecule has 0 aliphatic carbocycles. The van der Waals surface area contributed by atoms with E-state index in [1.54, 1.807) is 0 Å². The number of aliphatic hydroxyl groups excluding tert-OH is 1. The van der Waals surface area contributed by atoms with Gasteiger partial charge in [0.2, 0.25) is 0 Å². The van der Waals surface area contributed by atoms with Crippen molar-refractivity contribution in [2.24, 2.45) is 11.8 Å². The predicted octanol–water partition coefficient (Wildman–Crippen LogP) is 20.0. The quantitative estimate of drug-likeness (QED) is 0.0222. The molecule has 0 aromatic rings. The number of carbonyl (C=O) groups is 4. The van der Waals surface area contributed by atoms with Crippen molar-refractivity contribution in [3.63, 3.8) is 0 Å². The number of rotatable bonds is 69. The minimum absolute atomic E-state index is 0.102. The van der Waals surface area contributed by atoms with Gasteiger partial charge in [-0.25, -0.2) is 9.13 Å². The molecular weight excluding hydrogens is 1170 g/mol. The number of esters is 4. The molecule has 0 aromatic carbocycles. The summed E-state index contributed by atoms with van der Waals surface area (Å²) in [6.07, 6.45) is 47.5. The summed E-state index contributed by atoms with van der Waals surface area (Å²) in [5.74, 6) is -0.660. The minimum atomic E-state index is -4.95. The van der Waals surface area contributed by atoms with Crippen LogP contribution in [-0.2, 0) is 65.4 Å². The van der Waals surface area contributed by atoms with E-state index in [4.69, 9.17) is 37.0 Å². The number of aliphatic hydroxyl groups is 1. The Kier molecular flexibility index (Phi) is 60.8. The van der Waals surface area contributed by atoms with E-state index >= 15 is 0 Å². The number of phosphoric acid groups is 2. The Balaban J connectivity index is 5.18. The number of hydrogen-bond donors (Lipinski definition) is 3. The molecule has 0 aliphatic rings. The summed E-state index contributed by atoms with van der Waals surface area (Å²) in [7, 11) is -9.89. The van der Waals surface area contributed by atoms with Crippen LogP contribution in [0, 0.1) is 11.8 Å². The van der Waals surface area contributed by atoms with Gasteiger partial charge in [0.15, 0.2) is 12.2 Å². The Morgan fingerprint density at radius 3 is 0.764 bits per heavy atom. The van der Waals surface area contributed by atoms with Gasteiger partial charge in [-0.15, -0.1) is 0 Å². The Morgan fingerprint density at radius 2 is 0.517 bits per heavy atom. The monoisotopic (exact) mass is 1310 g/mol. The molecule has 5 atom stereocenters. The number of carbonyl (C=O) groups excluding carboxylic acids is 4. The zero-order valence-corrected chi connectivity index (χ0v) is 59.5. The maximum absolute atomic E-state index is 13.0. The molecule has 0 radical (unpaired) electrons. The zero-order valence-electron chi connectivity index (χ0n) is 57.7. The highest BCUT2D eigenvalue weighted by Crippen LogP contribution is 2.45. The Labute approximate surface area is 543 Å². The van der Waals surface area contributed by atoms with Gasteiger partial charge in [0.05, 0.1) is 26.4 Å². The van der Waals surface area contributed by atoms with Gasteiger partial charge < -0.3 is 33.8 Å². The van der Waals surface area contributed by atoms with Crippen LogP contribution >= 0.6 is 15.6 Å². The van der Waals surface area contributed by atoms with Crippen LogP contribution in [0.3, 0.4) is 0 Å². The van der Waals surface area contributed by atoms with Crippen molar-refractivity contribution in [1.29, 1.82) is 0 Å². The SMILES string of the molecule is CCCCCCCCCCCCCCCCCC(=O)OC[C@H](COP(=O)(O)OC[C@@H](O)COP(=O)(O)OC[C@@H](COC(=O)CCCCCCCCC)OC(=O)CCCCCCCCC(C)C)OC(=O)CCCCCCCCCCCCCCCCCC(C)C. The van der Waals surface area contributed by atoms with E-state index in [-0.39, 0.29) is 25.7 Å². The largest absolute Gasteiger partial charge is 0.472 e. The molecule has 0 saturated heterocycles. The molecule has 0 amide bonds. The molecule has 528 valence electrons. The molecular formula is C70H136O17P2. The van der Waals surface area contributed by atoms with Crippen LogP contribution in [0.5, 0.6) is 0 Å². The van der Waals surface area contributed by atoms with Gasteiger partial charge in [0.1, 0.15) is 19.3 Å². The molecule has 0 bridgehead atoms. The van der Waals surface area contributed by atoms with Crippen molar-refractivity contribution in [3.05, 3.63) is 0 Å². The number of phosphoric ester groups is 2. The molecule has 19 heteroatoms. The summed E-state index contributed by atoms with van der Waals surface area (Å²) < 4.78 is 68.1. The van der Waals surface area contributed by atoms with Crippen molar-refractivity contribution in [3.8, 4) is 0 Å². The van der Waals surface area contributed by atoms with Gasteiger partial charge in [0, 0.05) is 25.7 Å². The molecule has 0 heterocycles. The Morgan fingerprint density at radius 1 is 0.303 bits per heavy atom. The van der Waals surface area contributed by atoms with E-state index in [2.05, 4.69) is 41.5 Å². The lowest BCUT2D eigenvalue weighted by molar-refractivity contribution is -0.161. The second kappa shape index (κ2) is 62.2. The van der Waals surface area contributed by atoms with Crippen molar-refractivity contribution < 1.29 is 80.2 Å². The van der Waals surface area contributed by atoms with Crippen LogP contribution in [0.1, 0.15) is 356 Å². The Bertz CT molecular complexity index is 1730. The van der Waals surface area contributed by atoms with Crippen molar-refractivity contribution in [1.82, 2.24) is 0 Å². The highest BCUT2D eigenvalue weighted by atomic mass is 31.2. The number of unbranched alkanes of at least 4 members (excludes halogenated alkanes) is 39. The number of hydrogen-bond acceptors (Lipinski definition) is 15. The smallest absolute Gasteiger partial charge is 0.462 e. The van der Waals surface area contributed by atoms with Gasteiger partial charge in [0.25, 0.3) is 0 Å². The van der Waals surface area contributed by atoms with Gasteiger partial charge in [-0.05, 0) is 37.5 Å². The molecule has 0 rings (SSSR count). The topological polar surface area (TPSA) is 237 Å². The average molecular weight is 1310 g/mol. The zero-order chi connectivity index (χ0) is 65.7. The third kappa shape index (κ3) is 64.6. The van der Waals surface area contributed by atoms with Crippen LogP contribution in [0.25, 0.3) is 0 Å². The van der Waals surface area contributed by atoms with Crippen LogP contribution in [0.4, 0.5) is 0 Å². The van der Waals surface area contributed by atoms with Crippen LogP contribution in [-0.4, -0.2) is 96.7 Å². The first-order chi connectivity index (χ1) is 42.9. The van der Waals surface area contributed by atoms with E-state index in [0.717, 1.165) is 109 Å².